The molecule has 0 bridgehead atoms. The third kappa shape index (κ3) is 4.33. The SMILES string of the molecule is CNC(=O)c1cn2c3c(c(Nc4cc(F)cc(C(F)(F)F)c4)cc2n1)C(c1cc(F)ccc1Cl)NC3=O. The summed E-state index contributed by atoms with van der Waals surface area (Å²) in [4.78, 5) is 29.5. The Morgan fingerprint density at radius 1 is 1.11 bits per heavy atom. The molecule has 3 heterocycles. The molecule has 0 radical (unpaired) electrons. The van der Waals surface area contributed by atoms with Crippen molar-refractivity contribution >= 4 is 40.4 Å². The number of anilines is 2. The maximum absolute atomic E-state index is 14.1. The van der Waals surface area contributed by atoms with Gasteiger partial charge in [0, 0.05) is 41.1 Å². The van der Waals surface area contributed by atoms with E-state index in [2.05, 4.69) is 20.9 Å². The summed E-state index contributed by atoms with van der Waals surface area (Å²) in [7, 11) is 1.39. The van der Waals surface area contributed by atoms with Gasteiger partial charge in [-0.25, -0.2) is 13.8 Å². The first-order valence-electron chi connectivity index (χ1n) is 10.6. The molecule has 0 saturated heterocycles. The highest BCUT2D eigenvalue weighted by atomic mass is 35.5. The maximum atomic E-state index is 14.1. The molecular formula is C24H15ClF5N5O2. The number of hydrogen-bond donors (Lipinski definition) is 3. The number of carbonyl (C=O) groups excluding carboxylic acids is 2. The molecular weight excluding hydrogens is 521 g/mol. The first-order chi connectivity index (χ1) is 17.5. The lowest BCUT2D eigenvalue weighted by Crippen LogP contribution is -2.21. The standard InChI is InChI=1S/C24H15ClF5N5O2/c1-31-22(36)17-9-35-18(33-17)8-16(32-13-5-10(24(28,29)30)4-12(27)6-13)19-20(34-23(37)21(19)35)14-7-11(26)2-3-15(14)25/h2-9,20,32H,1H3,(H,31,36)(H,34,37). The van der Waals surface area contributed by atoms with Crippen LogP contribution in [0.15, 0.2) is 48.7 Å². The quantitative estimate of drug-likeness (QED) is 0.313. The molecule has 0 saturated carbocycles. The van der Waals surface area contributed by atoms with Crippen LogP contribution in [-0.4, -0.2) is 28.2 Å². The topological polar surface area (TPSA) is 87.5 Å². The molecule has 2 amide bonds. The Balaban J connectivity index is 1.75. The normalized spacial score (nSPS) is 15.0. The van der Waals surface area contributed by atoms with E-state index in [4.69, 9.17) is 11.6 Å². The van der Waals surface area contributed by atoms with Crippen molar-refractivity contribution in [3.8, 4) is 0 Å². The lowest BCUT2D eigenvalue weighted by molar-refractivity contribution is -0.137. The molecule has 1 atom stereocenters. The summed E-state index contributed by atoms with van der Waals surface area (Å²) in [5, 5.41) is 7.95. The Kier molecular flexibility index (Phi) is 5.78. The number of hydrogen-bond acceptors (Lipinski definition) is 4. The van der Waals surface area contributed by atoms with Gasteiger partial charge in [0.25, 0.3) is 11.8 Å². The zero-order valence-electron chi connectivity index (χ0n) is 18.7. The Hall–Kier alpha value is -4.19. The van der Waals surface area contributed by atoms with Crippen LogP contribution in [0.1, 0.15) is 43.7 Å². The number of fused-ring (bicyclic) bond motifs is 3. The summed E-state index contributed by atoms with van der Waals surface area (Å²) in [6, 6.07) is 5.79. The summed E-state index contributed by atoms with van der Waals surface area (Å²) in [5.74, 6) is -2.96. The molecule has 0 aliphatic carbocycles. The number of rotatable bonds is 4. The highest BCUT2D eigenvalue weighted by molar-refractivity contribution is 6.31. The first kappa shape index (κ1) is 24.5. The minimum absolute atomic E-state index is 0.0135. The van der Waals surface area contributed by atoms with E-state index >= 15 is 0 Å². The molecule has 3 N–H and O–H groups in total. The van der Waals surface area contributed by atoms with Crippen LogP contribution in [0.4, 0.5) is 33.3 Å². The molecule has 2 aromatic carbocycles. The number of halogens is 6. The average Bonchev–Trinajstić information content (AvgIpc) is 3.40. The fourth-order valence-corrected chi connectivity index (χ4v) is 4.45. The molecule has 0 spiro atoms. The highest BCUT2D eigenvalue weighted by Crippen LogP contribution is 2.41. The Bertz CT molecular complexity index is 1600. The van der Waals surface area contributed by atoms with Crippen LogP contribution in [0.5, 0.6) is 0 Å². The lowest BCUT2D eigenvalue weighted by atomic mass is 9.98. The van der Waals surface area contributed by atoms with E-state index in [1.165, 1.54) is 29.8 Å². The van der Waals surface area contributed by atoms with Crippen molar-refractivity contribution in [3.63, 3.8) is 0 Å². The van der Waals surface area contributed by atoms with E-state index in [9.17, 15) is 31.5 Å². The summed E-state index contributed by atoms with van der Waals surface area (Å²) in [6.45, 7) is 0. The summed E-state index contributed by atoms with van der Waals surface area (Å²) >= 11 is 6.29. The van der Waals surface area contributed by atoms with Gasteiger partial charge >= 0.3 is 6.18 Å². The van der Waals surface area contributed by atoms with Gasteiger partial charge in [-0.2, -0.15) is 13.2 Å². The molecule has 7 nitrogen and oxygen atoms in total. The monoisotopic (exact) mass is 535 g/mol. The number of amides is 2. The van der Waals surface area contributed by atoms with E-state index in [-0.39, 0.29) is 44.6 Å². The van der Waals surface area contributed by atoms with Crippen LogP contribution >= 0.6 is 11.6 Å². The van der Waals surface area contributed by atoms with Gasteiger partial charge in [0.2, 0.25) is 0 Å². The van der Waals surface area contributed by atoms with E-state index in [0.29, 0.717) is 12.1 Å². The third-order valence-corrected chi connectivity index (χ3v) is 6.15. The van der Waals surface area contributed by atoms with Gasteiger partial charge in [-0.05, 0) is 36.4 Å². The largest absolute Gasteiger partial charge is 0.416 e. The third-order valence-electron chi connectivity index (χ3n) is 5.80. The van der Waals surface area contributed by atoms with E-state index in [0.717, 1.165) is 18.2 Å². The van der Waals surface area contributed by atoms with Gasteiger partial charge in [0.15, 0.2) is 0 Å². The summed E-state index contributed by atoms with van der Waals surface area (Å²) in [5.41, 5.74) is -1.00. The molecule has 1 aliphatic rings. The Morgan fingerprint density at radius 3 is 2.57 bits per heavy atom. The van der Waals surface area contributed by atoms with Crippen molar-refractivity contribution in [2.75, 3.05) is 12.4 Å². The zero-order chi connectivity index (χ0) is 26.6. The Labute approximate surface area is 210 Å². The van der Waals surface area contributed by atoms with Crippen LogP contribution in [0.2, 0.25) is 5.02 Å². The van der Waals surface area contributed by atoms with E-state index < -0.39 is 41.2 Å². The van der Waals surface area contributed by atoms with Gasteiger partial charge in [0.05, 0.1) is 17.3 Å². The van der Waals surface area contributed by atoms with Gasteiger partial charge in [-0.3, -0.25) is 14.0 Å². The van der Waals surface area contributed by atoms with Crippen molar-refractivity contribution in [1.29, 1.82) is 0 Å². The number of carbonyl (C=O) groups is 2. The molecule has 4 aromatic rings. The number of pyridine rings is 1. The predicted molar refractivity (Wildman–Crippen MR) is 124 cm³/mol. The van der Waals surface area contributed by atoms with Crippen molar-refractivity contribution < 1.29 is 31.5 Å². The number of nitrogens with zero attached hydrogens (tertiary/aromatic N) is 2. The van der Waals surface area contributed by atoms with E-state index in [1.807, 2.05) is 0 Å². The maximum Gasteiger partial charge on any atom is 0.416 e. The Morgan fingerprint density at radius 2 is 1.86 bits per heavy atom. The number of imidazole rings is 1. The highest BCUT2D eigenvalue weighted by Gasteiger charge is 2.37. The van der Waals surface area contributed by atoms with E-state index in [1.54, 1.807) is 0 Å². The van der Waals surface area contributed by atoms with Crippen molar-refractivity contribution in [2.45, 2.75) is 12.2 Å². The lowest BCUT2D eigenvalue weighted by Gasteiger charge is -2.19. The number of benzene rings is 2. The van der Waals surface area contributed by atoms with Crippen LogP contribution in [0, 0.1) is 11.6 Å². The molecule has 13 heteroatoms. The first-order valence-corrected chi connectivity index (χ1v) is 11.0. The van der Waals surface area contributed by atoms with Gasteiger partial charge in [-0.1, -0.05) is 11.6 Å². The van der Waals surface area contributed by atoms with Crippen LogP contribution in [0.25, 0.3) is 5.65 Å². The second-order valence-electron chi connectivity index (χ2n) is 8.18. The molecule has 5 rings (SSSR count). The van der Waals surface area contributed by atoms with Gasteiger partial charge < -0.3 is 16.0 Å². The zero-order valence-corrected chi connectivity index (χ0v) is 19.4. The van der Waals surface area contributed by atoms with Gasteiger partial charge in [0.1, 0.15) is 28.7 Å². The van der Waals surface area contributed by atoms with Crippen LogP contribution in [0.3, 0.4) is 0 Å². The predicted octanol–water partition coefficient (Wildman–Crippen LogP) is 5.22. The molecule has 37 heavy (non-hydrogen) atoms. The molecule has 1 unspecified atom stereocenters. The molecule has 1 aliphatic heterocycles. The second kappa shape index (κ2) is 8.73. The molecule has 190 valence electrons. The van der Waals surface area contributed by atoms with Crippen molar-refractivity contribution in [1.82, 2.24) is 20.0 Å². The number of alkyl halides is 3. The van der Waals surface area contributed by atoms with Crippen molar-refractivity contribution in [3.05, 3.63) is 93.4 Å². The smallest absolute Gasteiger partial charge is 0.355 e. The fourth-order valence-electron chi connectivity index (χ4n) is 4.23. The fraction of sp³-hybridized carbons (Fsp3) is 0.125. The molecule has 0 fully saturated rings. The second-order valence-corrected chi connectivity index (χ2v) is 8.58. The minimum atomic E-state index is -4.81. The number of nitrogens with one attached hydrogen (secondary N) is 3. The molecule has 2 aromatic heterocycles. The van der Waals surface area contributed by atoms with Crippen LogP contribution in [-0.2, 0) is 6.18 Å². The van der Waals surface area contributed by atoms with Gasteiger partial charge in [-0.15, -0.1) is 0 Å². The van der Waals surface area contributed by atoms with Crippen LogP contribution < -0.4 is 16.0 Å². The summed E-state index contributed by atoms with van der Waals surface area (Å²) < 4.78 is 69.4. The number of aromatic nitrogens is 2. The minimum Gasteiger partial charge on any atom is -0.355 e. The average molecular weight is 536 g/mol. The summed E-state index contributed by atoms with van der Waals surface area (Å²) in [6.07, 6.45) is -3.50. The van der Waals surface area contributed by atoms with Crippen molar-refractivity contribution in [2.24, 2.45) is 0 Å².